The predicted molar refractivity (Wildman–Crippen MR) is 97.3 cm³/mol. The number of hydrogen-bond acceptors (Lipinski definition) is 8. The molecule has 10 heteroatoms. The lowest BCUT2D eigenvalue weighted by atomic mass is 10.1. The van der Waals surface area contributed by atoms with Gasteiger partial charge in [-0.1, -0.05) is 12.1 Å². The van der Waals surface area contributed by atoms with E-state index in [-0.39, 0.29) is 22.5 Å². The van der Waals surface area contributed by atoms with E-state index in [0.717, 1.165) is 23.9 Å². The van der Waals surface area contributed by atoms with Gasteiger partial charge in [0, 0.05) is 23.3 Å². The number of hydrogen-bond donors (Lipinski definition) is 0. The molecule has 0 atom stereocenters. The van der Waals surface area contributed by atoms with Gasteiger partial charge in [0.25, 0.3) is 11.4 Å². The Hall–Kier alpha value is -3.27. The van der Waals surface area contributed by atoms with Gasteiger partial charge in [0.05, 0.1) is 20.3 Å². The average molecular weight is 390 g/mol. The van der Waals surface area contributed by atoms with Crippen molar-refractivity contribution in [1.29, 1.82) is 0 Å². The largest absolute Gasteiger partial charge is 0.454 e. The van der Waals surface area contributed by atoms with Gasteiger partial charge < -0.3 is 4.74 Å². The summed E-state index contributed by atoms with van der Waals surface area (Å²) >= 11 is 1.16. The third-order valence-electron chi connectivity index (χ3n) is 3.67. The lowest BCUT2D eigenvalue weighted by Gasteiger charge is -2.06. The summed E-state index contributed by atoms with van der Waals surface area (Å²) in [4.78, 5) is 45.4. The van der Waals surface area contributed by atoms with Crippen molar-refractivity contribution < 1.29 is 24.2 Å². The molecule has 9 nitrogen and oxygen atoms in total. The highest BCUT2D eigenvalue weighted by Gasteiger charge is 2.20. The maximum Gasteiger partial charge on any atom is 0.338 e. The SMILES string of the molecule is CSc1ccc(C(=O)OCC(=O)c2ccc(C)c([N+](=O)[O-])c2)cc1[N+](=O)[O-]. The number of Topliss-reactive ketones (excluding diaryl/α,β-unsaturated/α-hetero) is 1. The van der Waals surface area contributed by atoms with E-state index < -0.39 is 28.2 Å². The minimum atomic E-state index is -0.902. The fourth-order valence-electron chi connectivity index (χ4n) is 2.24. The minimum absolute atomic E-state index is 0.0313. The van der Waals surface area contributed by atoms with Gasteiger partial charge in [0.1, 0.15) is 0 Å². The maximum atomic E-state index is 12.1. The Labute approximate surface area is 157 Å². The summed E-state index contributed by atoms with van der Waals surface area (Å²) in [5.41, 5.74) is -0.0892. The first-order valence-corrected chi connectivity index (χ1v) is 8.75. The summed E-state index contributed by atoms with van der Waals surface area (Å²) in [5, 5.41) is 22.0. The molecular weight excluding hydrogens is 376 g/mol. The normalized spacial score (nSPS) is 10.3. The number of nitro groups is 2. The molecule has 0 fully saturated rings. The van der Waals surface area contributed by atoms with Crippen molar-refractivity contribution in [3.8, 4) is 0 Å². The standard InChI is InChI=1S/C17H14N2O7S/c1-10-3-4-11(7-13(10)18(22)23)15(20)9-26-17(21)12-5-6-16(27-2)14(8-12)19(24)25/h3-8H,9H2,1-2H3. The third kappa shape index (κ3) is 4.67. The Bertz CT molecular complexity index is 943. The molecule has 0 aromatic heterocycles. The Morgan fingerprint density at radius 1 is 1.00 bits per heavy atom. The zero-order chi connectivity index (χ0) is 20.1. The van der Waals surface area contributed by atoms with Crippen molar-refractivity contribution in [2.24, 2.45) is 0 Å². The minimum Gasteiger partial charge on any atom is -0.454 e. The monoisotopic (exact) mass is 390 g/mol. The van der Waals surface area contributed by atoms with Crippen LogP contribution in [0.1, 0.15) is 26.3 Å². The van der Waals surface area contributed by atoms with Gasteiger partial charge >= 0.3 is 5.97 Å². The van der Waals surface area contributed by atoms with Gasteiger partial charge in [0.15, 0.2) is 6.61 Å². The van der Waals surface area contributed by atoms with Crippen LogP contribution in [0.2, 0.25) is 0 Å². The van der Waals surface area contributed by atoms with E-state index >= 15 is 0 Å². The number of carbonyl (C=O) groups excluding carboxylic acids is 2. The summed E-state index contributed by atoms with van der Waals surface area (Å²) in [7, 11) is 0. The van der Waals surface area contributed by atoms with Crippen LogP contribution in [0.3, 0.4) is 0 Å². The molecule has 0 radical (unpaired) electrons. The molecule has 27 heavy (non-hydrogen) atoms. The van der Waals surface area contributed by atoms with Crippen LogP contribution in [-0.2, 0) is 4.74 Å². The molecule has 0 amide bonds. The average Bonchev–Trinajstić information content (AvgIpc) is 2.65. The zero-order valence-corrected chi connectivity index (χ0v) is 15.1. The second-order valence-electron chi connectivity index (χ2n) is 5.40. The van der Waals surface area contributed by atoms with E-state index in [4.69, 9.17) is 4.74 Å². The molecule has 0 aliphatic rings. The number of carbonyl (C=O) groups is 2. The Morgan fingerprint density at radius 2 is 1.59 bits per heavy atom. The molecule has 0 bridgehead atoms. The molecule has 0 saturated heterocycles. The van der Waals surface area contributed by atoms with Crippen LogP contribution in [0.4, 0.5) is 11.4 Å². The Kier molecular flexibility index (Phi) is 6.24. The summed E-state index contributed by atoms with van der Waals surface area (Å²) in [6, 6.07) is 7.81. The van der Waals surface area contributed by atoms with Gasteiger partial charge in [-0.05, 0) is 25.3 Å². The number of aryl methyl sites for hydroxylation is 1. The van der Waals surface area contributed by atoms with Gasteiger partial charge in [-0.15, -0.1) is 11.8 Å². The molecule has 0 aliphatic carbocycles. The van der Waals surface area contributed by atoms with Crippen molar-refractivity contribution in [2.45, 2.75) is 11.8 Å². The zero-order valence-electron chi connectivity index (χ0n) is 14.3. The number of benzene rings is 2. The van der Waals surface area contributed by atoms with Crippen molar-refractivity contribution in [3.05, 3.63) is 73.3 Å². The molecule has 0 spiro atoms. The molecule has 2 aromatic carbocycles. The quantitative estimate of drug-likeness (QED) is 0.231. The second kappa shape index (κ2) is 8.41. The summed E-state index contributed by atoms with van der Waals surface area (Å²) in [6.45, 7) is 0.898. The topological polar surface area (TPSA) is 130 Å². The lowest BCUT2D eigenvalue weighted by molar-refractivity contribution is -0.387. The van der Waals surface area contributed by atoms with Crippen molar-refractivity contribution in [3.63, 3.8) is 0 Å². The van der Waals surface area contributed by atoms with Gasteiger partial charge in [0.2, 0.25) is 5.78 Å². The second-order valence-corrected chi connectivity index (χ2v) is 6.25. The summed E-state index contributed by atoms with van der Waals surface area (Å²) in [5.74, 6) is -1.53. The van der Waals surface area contributed by atoms with E-state index in [1.165, 1.54) is 31.2 Å². The molecule has 0 unspecified atom stereocenters. The van der Waals surface area contributed by atoms with Crippen molar-refractivity contribution in [2.75, 3.05) is 12.9 Å². The number of thioether (sulfide) groups is 1. The van der Waals surface area contributed by atoms with Crippen molar-refractivity contribution in [1.82, 2.24) is 0 Å². The van der Waals surface area contributed by atoms with E-state index in [1.807, 2.05) is 0 Å². The third-order valence-corrected chi connectivity index (χ3v) is 4.46. The molecular formula is C17H14N2O7S. The van der Waals surface area contributed by atoms with Gasteiger partial charge in [-0.2, -0.15) is 0 Å². The highest BCUT2D eigenvalue weighted by atomic mass is 32.2. The van der Waals surface area contributed by atoms with Crippen LogP contribution in [0.5, 0.6) is 0 Å². The molecule has 0 heterocycles. The predicted octanol–water partition coefficient (Wildman–Crippen LogP) is 3.57. The van der Waals surface area contributed by atoms with E-state index in [1.54, 1.807) is 6.26 Å². The highest BCUT2D eigenvalue weighted by molar-refractivity contribution is 7.98. The number of nitrogens with zero attached hydrogens (tertiary/aromatic N) is 2. The number of nitro benzene ring substituents is 2. The molecule has 0 saturated carbocycles. The number of ketones is 1. The molecule has 2 rings (SSSR count). The van der Waals surface area contributed by atoms with Crippen LogP contribution in [0.15, 0.2) is 41.3 Å². The van der Waals surface area contributed by atoms with Crippen LogP contribution in [0.25, 0.3) is 0 Å². The molecule has 0 N–H and O–H groups in total. The smallest absolute Gasteiger partial charge is 0.338 e. The van der Waals surface area contributed by atoms with Crippen LogP contribution < -0.4 is 0 Å². The summed E-state index contributed by atoms with van der Waals surface area (Å²) in [6.07, 6.45) is 1.67. The fraction of sp³-hybridized carbons (Fsp3) is 0.176. The first-order valence-electron chi connectivity index (χ1n) is 7.52. The molecule has 2 aromatic rings. The van der Waals surface area contributed by atoms with Gasteiger partial charge in [-0.25, -0.2) is 4.79 Å². The highest BCUT2D eigenvalue weighted by Crippen LogP contribution is 2.28. The fourth-order valence-corrected chi connectivity index (χ4v) is 2.78. The van der Waals surface area contributed by atoms with E-state index in [9.17, 15) is 29.8 Å². The Balaban J connectivity index is 2.13. The van der Waals surface area contributed by atoms with Crippen LogP contribution in [0, 0.1) is 27.2 Å². The van der Waals surface area contributed by atoms with Gasteiger partial charge in [-0.3, -0.25) is 25.0 Å². The van der Waals surface area contributed by atoms with E-state index in [2.05, 4.69) is 0 Å². The molecule has 140 valence electrons. The summed E-state index contributed by atoms with van der Waals surface area (Å²) < 4.78 is 4.90. The Morgan fingerprint density at radius 3 is 2.19 bits per heavy atom. The number of rotatable bonds is 7. The van der Waals surface area contributed by atoms with Crippen LogP contribution >= 0.6 is 11.8 Å². The molecule has 0 aliphatic heterocycles. The number of ether oxygens (including phenoxy) is 1. The van der Waals surface area contributed by atoms with Crippen LogP contribution in [-0.4, -0.2) is 34.5 Å². The van der Waals surface area contributed by atoms with Crippen molar-refractivity contribution >= 4 is 34.9 Å². The maximum absolute atomic E-state index is 12.1. The van der Waals surface area contributed by atoms with E-state index in [0.29, 0.717) is 10.5 Å². The lowest BCUT2D eigenvalue weighted by Crippen LogP contribution is -2.15. The number of esters is 1. The first-order chi connectivity index (χ1) is 12.7. The first kappa shape index (κ1) is 20.0.